The molecule has 1 fully saturated rings. The van der Waals surface area contributed by atoms with Crippen molar-refractivity contribution in [3.8, 4) is 0 Å². The summed E-state index contributed by atoms with van der Waals surface area (Å²) < 4.78 is 5.09. The molecule has 1 atom stereocenters. The fraction of sp³-hybridized carbons (Fsp3) is 0.650. The van der Waals surface area contributed by atoms with Crippen molar-refractivity contribution < 1.29 is 19.1 Å². The molecule has 5 heteroatoms. The minimum absolute atomic E-state index is 0.0675. The molecule has 0 aromatic heterocycles. The number of hydrogen-bond donors (Lipinski definition) is 0. The molecular weight excluding hydrogens is 318 g/mol. The summed E-state index contributed by atoms with van der Waals surface area (Å²) in [5, 5.41) is 0. The summed E-state index contributed by atoms with van der Waals surface area (Å²) in [7, 11) is 0. The Kier molecular flexibility index (Phi) is 10.5. The van der Waals surface area contributed by atoms with Crippen LogP contribution in [0.2, 0.25) is 0 Å². The molecule has 25 heavy (non-hydrogen) atoms. The van der Waals surface area contributed by atoms with Gasteiger partial charge in [0, 0.05) is 13.0 Å². The maximum absolute atomic E-state index is 12.9. The first kappa shape index (κ1) is 21.1. The van der Waals surface area contributed by atoms with Crippen molar-refractivity contribution in [2.75, 3.05) is 13.2 Å². The summed E-state index contributed by atoms with van der Waals surface area (Å²) in [4.78, 5) is 38.8. The first-order valence-corrected chi connectivity index (χ1v) is 9.34. The van der Waals surface area contributed by atoms with Gasteiger partial charge in [-0.05, 0) is 12.8 Å². The highest BCUT2D eigenvalue weighted by atomic mass is 16.5. The van der Waals surface area contributed by atoms with Gasteiger partial charge < -0.3 is 4.74 Å². The summed E-state index contributed by atoms with van der Waals surface area (Å²) in [6, 6.07) is 0. The molecule has 0 bridgehead atoms. The van der Waals surface area contributed by atoms with E-state index in [1.54, 1.807) is 0 Å². The highest BCUT2D eigenvalue weighted by Gasteiger charge is 2.33. The van der Waals surface area contributed by atoms with Crippen molar-refractivity contribution >= 4 is 17.8 Å². The number of carbonyl (C=O) groups is 3. The van der Waals surface area contributed by atoms with Crippen LogP contribution in [0.4, 0.5) is 0 Å². The van der Waals surface area contributed by atoms with Gasteiger partial charge in [0.25, 0.3) is 0 Å². The molecule has 1 unspecified atom stereocenters. The van der Waals surface area contributed by atoms with Crippen LogP contribution in [0.15, 0.2) is 25.3 Å². The molecule has 0 radical (unpaired) electrons. The predicted molar refractivity (Wildman–Crippen MR) is 97.7 cm³/mol. The average Bonchev–Trinajstić information content (AvgIpc) is 2.61. The average molecular weight is 349 g/mol. The second-order valence-electron chi connectivity index (χ2n) is 6.47. The maximum atomic E-state index is 12.9. The zero-order valence-corrected chi connectivity index (χ0v) is 15.2. The largest absolute Gasteiger partial charge is 0.461 e. The molecule has 5 nitrogen and oxygen atoms in total. The molecule has 0 aromatic carbocycles. The van der Waals surface area contributed by atoms with Gasteiger partial charge in [-0.15, -0.1) is 6.58 Å². The summed E-state index contributed by atoms with van der Waals surface area (Å²) in [5.74, 6) is -2.19. The van der Waals surface area contributed by atoms with Crippen molar-refractivity contribution in [2.45, 2.75) is 64.2 Å². The van der Waals surface area contributed by atoms with Gasteiger partial charge in [-0.25, -0.2) is 0 Å². The van der Waals surface area contributed by atoms with E-state index in [4.69, 9.17) is 4.74 Å². The van der Waals surface area contributed by atoms with Gasteiger partial charge in [0.2, 0.25) is 11.8 Å². The van der Waals surface area contributed by atoms with Gasteiger partial charge in [0.1, 0.15) is 12.5 Å². The minimum Gasteiger partial charge on any atom is -0.461 e. The second kappa shape index (κ2) is 12.5. The lowest BCUT2D eigenvalue weighted by Gasteiger charge is -2.24. The van der Waals surface area contributed by atoms with E-state index in [0.717, 1.165) is 44.9 Å². The zero-order chi connectivity index (χ0) is 18.5. The molecule has 0 saturated carbocycles. The first-order chi connectivity index (χ1) is 12.1. The Bertz CT molecular complexity index is 472. The van der Waals surface area contributed by atoms with Crippen LogP contribution in [-0.2, 0) is 19.1 Å². The molecule has 1 aliphatic heterocycles. The van der Waals surface area contributed by atoms with Crippen molar-refractivity contribution in [3.05, 3.63) is 25.3 Å². The van der Waals surface area contributed by atoms with Gasteiger partial charge in [0.05, 0.1) is 0 Å². The number of ether oxygens (including phenoxy) is 1. The van der Waals surface area contributed by atoms with E-state index in [0.29, 0.717) is 12.8 Å². The number of esters is 1. The fourth-order valence-electron chi connectivity index (χ4n) is 3.04. The SMILES string of the molecule is C=CCOC(=O)C1CCCCCCCCCCC(=O)N(CC=C)C1=O. The highest BCUT2D eigenvalue weighted by molar-refractivity contribution is 6.05. The van der Waals surface area contributed by atoms with Crippen molar-refractivity contribution in [1.29, 1.82) is 0 Å². The number of rotatable bonds is 5. The molecule has 0 aromatic rings. The van der Waals surface area contributed by atoms with Crippen LogP contribution in [0.3, 0.4) is 0 Å². The topological polar surface area (TPSA) is 63.7 Å². The summed E-state index contributed by atoms with van der Waals surface area (Å²) in [6.07, 6.45) is 11.8. The predicted octanol–water partition coefficient (Wildman–Crippen LogP) is 3.79. The zero-order valence-electron chi connectivity index (χ0n) is 15.2. The lowest BCUT2D eigenvalue weighted by Crippen LogP contribution is -2.43. The van der Waals surface area contributed by atoms with Gasteiger partial charge in [-0.3, -0.25) is 19.3 Å². The third kappa shape index (κ3) is 7.67. The van der Waals surface area contributed by atoms with Crippen molar-refractivity contribution in [1.82, 2.24) is 4.90 Å². The standard InChI is InChI=1S/C20H31NO4/c1-3-15-21-18(22)14-12-10-8-6-5-7-9-11-13-17(19(21)23)20(24)25-16-4-2/h3-4,17H,1-2,5-16H2. The molecule has 1 heterocycles. The number of amides is 2. The minimum atomic E-state index is -0.924. The second-order valence-corrected chi connectivity index (χ2v) is 6.47. The quantitative estimate of drug-likeness (QED) is 0.328. The van der Waals surface area contributed by atoms with Crippen LogP contribution >= 0.6 is 0 Å². The van der Waals surface area contributed by atoms with Crippen molar-refractivity contribution in [2.24, 2.45) is 5.92 Å². The Labute approximate surface area is 151 Å². The highest BCUT2D eigenvalue weighted by Crippen LogP contribution is 2.19. The smallest absolute Gasteiger partial charge is 0.318 e. The van der Waals surface area contributed by atoms with E-state index in [2.05, 4.69) is 13.2 Å². The molecule has 0 aliphatic carbocycles. The molecule has 140 valence electrons. The molecule has 1 rings (SSSR count). The normalized spacial score (nSPS) is 21.3. The third-order valence-electron chi connectivity index (χ3n) is 4.44. The molecule has 0 N–H and O–H groups in total. The van der Waals surface area contributed by atoms with E-state index >= 15 is 0 Å². The van der Waals surface area contributed by atoms with Crippen LogP contribution in [0.5, 0.6) is 0 Å². The summed E-state index contributed by atoms with van der Waals surface area (Å²) in [6.45, 7) is 7.34. The van der Waals surface area contributed by atoms with E-state index in [9.17, 15) is 14.4 Å². The molecule has 0 spiro atoms. The monoisotopic (exact) mass is 349 g/mol. The van der Waals surface area contributed by atoms with Crippen LogP contribution in [-0.4, -0.2) is 35.8 Å². The first-order valence-electron chi connectivity index (χ1n) is 9.34. The number of imide groups is 1. The van der Waals surface area contributed by atoms with Gasteiger partial charge in [-0.2, -0.15) is 0 Å². The maximum Gasteiger partial charge on any atom is 0.318 e. The van der Waals surface area contributed by atoms with Gasteiger partial charge >= 0.3 is 5.97 Å². The molecular formula is C20H31NO4. The Hall–Kier alpha value is -1.91. The van der Waals surface area contributed by atoms with Gasteiger partial charge in [-0.1, -0.05) is 63.7 Å². The number of nitrogens with zero attached hydrogens (tertiary/aromatic N) is 1. The van der Waals surface area contributed by atoms with E-state index in [-0.39, 0.29) is 19.1 Å². The fourth-order valence-corrected chi connectivity index (χ4v) is 3.04. The van der Waals surface area contributed by atoms with E-state index < -0.39 is 17.8 Å². The Morgan fingerprint density at radius 1 is 1.00 bits per heavy atom. The molecule has 1 saturated heterocycles. The molecule has 1 aliphatic rings. The summed E-state index contributed by atoms with van der Waals surface area (Å²) >= 11 is 0. The van der Waals surface area contributed by atoms with Crippen LogP contribution in [0.25, 0.3) is 0 Å². The number of hydrogen-bond acceptors (Lipinski definition) is 4. The molecule has 2 amide bonds. The van der Waals surface area contributed by atoms with Gasteiger partial charge in [0.15, 0.2) is 0 Å². The Balaban J connectivity index is 2.91. The summed E-state index contributed by atoms with van der Waals surface area (Å²) in [5.41, 5.74) is 0. The van der Waals surface area contributed by atoms with Crippen LogP contribution < -0.4 is 0 Å². The van der Waals surface area contributed by atoms with E-state index in [1.165, 1.54) is 23.5 Å². The Morgan fingerprint density at radius 2 is 1.60 bits per heavy atom. The van der Waals surface area contributed by atoms with Crippen molar-refractivity contribution in [3.63, 3.8) is 0 Å². The van der Waals surface area contributed by atoms with Crippen LogP contribution in [0.1, 0.15) is 64.2 Å². The third-order valence-corrected chi connectivity index (χ3v) is 4.44. The van der Waals surface area contributed by atoms with E-state index in [1.807, 2.05) is 0 Å². The lowest BCUT2D eigenvalue weighted by molar-refractivity contribution is -0.157. The van der Waals surface area contributed by atoms with Crippen LogP contribution in [0, 0.1) is 5.92 Å². The Morgan fingerprint density at radius 3 is 2.20 bits per heavy atom. The number of carbonyl (C=O) groups excluding carboxylic acids is 3. The lowest BCUT2D eigenvalue weighted by atomic mass is 9.97.